The fourth-order valence-electron chi connectivity index (χ4n) is 2.45. The van der Waals surface area contributed by atoms with Gasteiger partial charge in [-0.2, -0.15) is 13.2 Å². The number of benzene rings is 1. The number of amides is 1. The minimum absolute atomic E-state index is 0.0468. The molecule has 1 fully saturated rings. The lowest BCUT2D eigenvalue weighted by molar-refractivity contribution is -0.147. The molecule has 114 valence electrons. The Balaban J connectivity index is 2.28. The molecule has 1 heterocycles. The number of hydrogen-bond donors (Lipinski definition) is 1. The van der Waals surface area contributed by atoms with Crippen LogP contribution in [0.2, 0.25) is 0 Å². The summed E-state index contributed by atoms with van der Waals surface area (Å²) in [6.45, 7) is 0.122. The van der Waals surface area contributed by atoms with Gasteiger partial charge in [0.1, 0.15) is 0 Å². The van der Waals surface area contributed by atoms with Gasteiger partial charge in [0.2, 0.25) is 5.91 Å². The number of methoxy groups -OCH3 is 1. The van der Waals surface area contributed by atoms with Crippen molar-refractivity contribution in [3.05, 3.63) is 35.4 Å². The van der Waals surface area contributed by atoms with E-state index >= 15 is 0 Å². The smallest absolute Gasteiger partial charge is 0.416 e. The second-order valence-corrected chi connectivity index (χ2v) is 4.86. The first-order chi connectivity index (χ1) is 9.82. The standard InChI is InChI=1S/C14H14F3NO3/c1-21-13(20)11-7-18-12(19)6-10(11)8-2-4-9(5-3-8)14(15,16)17/h2-5,10-11H,6-7H2,1H3,(H,18,19)/t10-,11+/m0/s1. The summed E-state index contributed by atoms with van der Waals surface area (Å²) in [5.74, 6) is -1.79. The lowest BCUT2D eigenvalue weighted by Crippen LogP contribution is -2.43. The van der Waals surface area contributed by atoms with Gasteiger partial charge in [0.15, 0.2) is 0 Å². The molecule has 1 saturated heterocycles. The summed E-state index contributed by atoms with van der Waals surface area (Å²) in [5, 5.41) is 2.56. The Labute approximate surface area is 119 Å². The molecule has 4 nitrogen and oxygen atoms in total. The number of halogens is 3. The van der Waals surface area contributed by atoms with Crippen molar-refractivity contribution in [1.82, 2.24) is 5.32 Å². The Hall–Kier alpha value is -2.05. The molecular weight excluding hydrogens is 287 g/mol. The van der Waals surface area contributed by atoms with Gasteiger partial charge in [-0.25, -0.2) is 0 Å². The maximum Gasteiger partial charge on any atom is 0.416 e. The summed E-state index contributed by atoms with van der Waals surface area (Å²) < 4.78 is 42.3. The van der Waals surface area contributed by atoms with Crippen molar-refractivity contribution < 1.29 is 27.5 Å². The van der Waals surface area contributed by atoms with Crippen LogP contribution in [0.25, 0.3) is 0 Å². The van der Waals surface area contributed by atoms with E-state index < -0.39 is 29.5 Å². The molecule has 0 saturated carbocycles. The van der Waals surface area contributed by atoms with Gasteiger partial charge in [0.25, 0.3) is 0 Å². The van der Waals surface area contributed by atoms with Crippen molar-refractivity contribution in [3.8, 4) is 0 Å². The maximum absolute atomic E-state index is 12.5. The van der Waals surface area contributed by atoms with Crippen molar-refractivity contribution in [2.24, 2.45) is 5.92 Å². The monoisotopic (exact) mass is 301 g/mol. The summed E-state index contributed by atoms with van der Waals surface area (Å²) in [6.07, 6.45) is -4.37. The van der Waals surface area contributed by atoms with Crippen LogP contribution in [-0.2, 0) is 20.5 Å². The summed E-state index contributed by atoms with van der Waals surface area (Å²) in [7, 11) is 1.24. The van der Waals surface area contributed by atoms with Crippen LogP contribution in [0.5, 0.6) is 0 Å². The Morgan fingerprint density at radius 1 is 1.29 bits per heavy atom. The van der Waals surface area contributed by atoms with E-state index in [9.17, 15) is 22.8 Å². The fraction of sp³-hybridized carbons (Fsp3) is 0.429. The minimum Gasteiger partial charge on any atom is -0.469 e. The van der Waals surface area contributed by atoms with E-state index in [0.29, 0.717) is 5.56 Å². The molecule has 0 aliphatic carbocycles. The van der Waals surface area contributed by atoms with Gasteiger partial charge >= 0.3 is 12.1 Å². The molecule has 21 heavy (non-hydrogen) atoms. The van der Waals surface area contributed by atoms with Gasteiger partial charge in [-0.15, -0.1) is 0 Å². The molecule has 7 heteroatoms. The average molecular weight is 301 g/mol. The first-order valence-electron chi connectivity index (χ1n) is 6.34. The largest absolute Gasteiger partial charge is 0.469 e. The van der Waals surface area contributed by atoms with Crippen LogP contribution < -0.4 is 5.32 Å². The molecule has 0 bridgehead atoms. The SMILES string of the molecule is COC(=O)[C@@H]1CNC(=O)C[C@H]1c1ccc(C(F)(F)F)cc1. The highest BCUT2D eigenvalue weighted by molar-refractivity contribution is 5.83. The van der Waals surface area contributed by atoms with Crippen LogP contribution in [0.4, 0.5) is 13.2 Å². The van der Waals surface area contributed by atoms with Gasteiger partial charge in [-0.05, 0) is 17.7 Å². The van der Waals surface area contributed by atoms with E-state index in [4.69, 9.17) is 0 Å². The third-order valence-electron chi connectivity index (χ3n) is 3.58. The summed E-state index contributed by atoms with van der Waals surface area (Å²) in [4.78, 5) is 23.2. The molecular formula is C14H14F3NO3. The predicted molar refractivity (Wildman–Crippen MR) is 67.3 cm³/mol. The van der Waals surface area contributed by atoms with E-state index in [1.165, 1.54) is 19.2 Å². The Morgan fingerprint density at radius 2 is 1.90 bits per heavy atom. The molecule has 1 aliphatic rings. The second kappa shape index (κ2) is 5.75. The van der Waals surface area contributed by atoms with E-state index in [1.807, 2.05) is 0 Å². The molecule has 0 radical (unpaired) electrons. The van der Waals surface area contributed by atoms with Gasteiger partial charge in [0.05, 0.1) is 18.6 Å². The zero-order chi connectivity index (χ0) is 15.6. The number of esters is 1. The van der Waals surface area contributed by atoms with Crippen LogP contribution in [0, 0.1) is 5.92 Å². The topological polar surface area (TPSA) is 55.4 Å². The van der Waals surface area contributed by atoms with E-state index in [1.54, 1.807) is 0 Å². The number of alkyl halides is 3. The lowest BCUT2D eigenvalue weighted by Gasteiger charge is -2.30. The zero-order valence-corrected chi connectivity index (χ0v) is 11.2. The van der Waals surface area contributed by atoms with Gasteiger partial charge in [-0.1, -0.05) is 12.1 Å². The fourth-order valence-corrected chi connectivity index (χ4v) is 2.45. The number of piperidine rings is 1. The molecule has 1 aromatic rings. The lowest BCUT2D eigenvalue weighted by atomic mass is 9.80. The highest BCUT2D eigenvalue weighted by Crippen LogP contribution is 2.34. The average Bonchev–Trinajstić information content (AvgIpc) is 2.45. The third kappa shape index (κ3) is 3.34. The van der Waals surface area contributed by atoms with Gasteiger partial charge in [-0.3, -0.25) is 9.59 Å². The normalized spacial score (nSPS) is 22.6. The summed E-state index contributed by atoms with van der Waals surface area (Å²) in [6, 6.07) is 4.52. The number of carbonyl (C=O) groups is 2. The van der Waals surface area contributed by atoms with Crippen molar-refractivity contribution in [2.45, 2.75) is 18.5 Å². The minimum atomic E-state index is -4.41. The Morgan fingerprint density at radius 3 is 2.43 bits per heavy atom. The summed E-state index contributed by atoms with van der Waals surface area (Å²) in [5.41, 5.74) is -0.241. The Bertz CT molecular complexity index is 539. The molecule has 1 aromatic carbocycles. The number of carbonyl (C=O) groups excluding carboxylic acids is 2. The maximum atomic E-state index is 12.5. The highest BCUT2D eigenvalue weighted by Gasteiger charge is 2.36. The number of rotatable bonds is 2. The Kier molecular flexibility index (Phi) is 4.20. The van der Waals surface area contributed by atoms with Crippen molar-refractivity contribution in [3.63, 3.8) is 0 Å². The molecule has 2 atom stereocenters. The van der Waals surface area contributed by atoms with Crippen LogP contribution in [0.3, 0.4) is 0 Å². The van der Waals surface area contributed by atoms with E-state index in [2.05, 4.69) is 10.1 Å². The molecule has 2 rings (SSSR count). The third-order valence-corrected chi connectivity index (χ3v) is 3.58. The van der Waals surface area contributed by atoms with Gasteiger partial charge < -0.3 is 10.1 Å². The van der Waals surface area contributed by atoms with Crippen LogP contribution in [-0.4, -0.2) is 25.5 Å². The van der Waals surface area contributed by atoms with Crippen molar-refractivity contribution in [1.29, 1.82) is 0 Å². The van der Waals surface area contributed by atoms with Crippen LogP contribution in [0.15, 0.2) is 24.3 Å². The molecule has 1 N–H and O–H groups in total. The number of ether oxygens (including phenoxy) is 1. The van der Waals surface area contributed by atoms with Crippen LogP contribution in [0.1, 0.15) is 23.5 Å². The van der Waals surface area contributed by atoms with E-state index in [0.717, 1.165) is 12.1 Å². The first-order valence-corrected chi connectivity index (χ1v) is 6.34. The quantitative estimate of drug-likeness (QED) is 0.851. The molecule has 0 unspecified atom stereocenters. The molecule has 0 aromatic heterocycles. The number of hydrogen-bond acceptors (Lipinski definition) is 3. The van der Waals surface area contributed by atoms with Crippen LogP contribution >= 0.6 is 0 Å². The summed E-state index contributed by atoms with van der Waals surface area (Å²) >= 11 is 0. The van der Waals surface area contributed by atoms with Crippen molar-refractivity contribution >= 4 is 11.9 Å². The number of nitrogens with one attached hydrogen (secondary N) is 1. The van der Waals surface area contributed by atoms with Gasteiger partial charge in [0, 0.05) is 18.9 Å². The second-order valence-electron chi connectivity index (χ2n) is 4.86. The highest BCUT2D eigenvalue weighted by atomic mass is 19.4. The van der Waals surface area contributed by atoms with E-state index in [-0.39, 0.29) is 18.9 Å². The zero-order valence-electron chi connectivity index (χ0n) is 11.2. The first kappa shape index (κ1) is 15.3. The van der Waals surface area contributed by atoms with Crippen molar-refractivity contribution in [2.75, 3.05) is 13.7 Å². The molecule has 0 spiro atoms. The molecule has 1 amide bonds. The predicted octanol–water partition coefficient (Wildman–Crippen LogP) is 2.10. The molecule has 1 aliphatic heterocycles.